The molecular weight excluding hydrogens is 208 g/mol. The van der Waals surface area contributed by atoms with Crippen LogP contribution in [0.5, 0.6) is 11.5 Å². The van der Waals surface area contributed by atoms with Crippen LogP contribution in [0.3, 0.4) is 0 Å². The van der Waals surface area contributed by atoms with Gasteiger partial charge in [-0.3, -0.25) is 0 Å². The number of rotatable bonds is 3. The number of benzene rings is 1. The molecule has 4 nitrogen and oxygen atoms in total. The van der Waals surface area contributed by atoms with Gasteiger partial charge >= 0.3 is 5.97 Å². The summed E-state index contributed by atoms with van der Waals surface area (Å²) in [6, 6.07) is 5.31. The van der Waals surface area contributed by atoms with Crippen LogP contribution in [0.4, 0.5) is 0 Å². The van der Waals surface area contributed by atoms with Crippen LogP contribution in [0.2, 0.25) is 0 Å². The number of hydrogen-bond donors (Lipinski definition) is 0. The van der Waals surface area contributed by atoms with Crippen LogP contribution in [0.1, 0.15) is 5.56 Å². The van der Waals surface area contributed by atoms with E-state index < -0.39 is 0 Å². The molecule has 0 bridgehead atoms. The minimum absolute atomic E-state index is 0.314. The summed E-state index contributed by atoms with van der Waals surface area (Å²) in [4.78, 5) is 11.5. The highest BCUT2D eigenvalue weighted by molar-refractivity contribution is 6.18. The van der Waals surface area contributed by atoms with Crippen molar-refractivity contribution in [1.82, 2.24) is 0 Å². The smallest absolute Gasteiger partial charge is 0.338 e. The van der Waals surface area contributed by atoms with Crippen molar-refractivity contribution in [3.8, 4) is 11.5 Å². The van der Waals surface area contributed by atoms with Crippen LogP contribution in [0.25, 0.3) is 5.57 Å². The van der Waals surface area contributed by atoms with E-state index in [1.165, 1.54) is 0 Å². The Bertz CT molecular complexity index is 448. The number of esters is 1. The molecule has 1 aliphatic heterocycles. The molecule has 4 heteroatoms. The molecule has 0 atom stereocenters. The van der Waals surface area contributed by atoms with Crippen LogP contribution in [0.15, 0.2) is 24.3 Å². The van der Waals surface area contributed by atoms with Gasteiger partial charge in [0, 0.05) is 5.56 Å². The van der Waals surface area contributed by atoms with E-state index in [9.17, 15) is 4.79 Å². The van der Waals surface area contributed by atoms with Gasteiger partial charge in [-0.15, -0.1) is 0 Å². The molecule has 0 saturated carbocycles. The Hall–Kier alpha value is -1.97. The predicted molar refractivity (Wildman–Crippen MR) is 58.5 cm³/mol. The molecule has 2 rings (SSSR count). The fourth-order valence-corrected chi connectivity index (χ4v) is 1.61. The van der Waals surface area contributed by atoms with Gasteiger partial charge in [-0.2, -0.15) is 0 Å². The lowest BCUT2D eigenvalue weighted by Gasteiger charge is -2.09. The molecule has 0 radical (unpaired) electrons. The zero-order valence-corrected chi connectivity index (χ0v) is 9.15. The quantitative estimate of drug-likeness (QED) is 0.726. The Labute approximate surface area is 93.4 Å². The third kappa shape index (κ3) is 1.74. The fourth-order valence-electron chi connectivity index (χ4n) is 1.61. The number of carbonyl (C=O) groups excluding carboxylic acids is 1. The van der Waals surface area contributed by atoms with Crippen LogP contribution < -0.4 is 9.47 Å². The molecule has 0 unspecified atom stereocenters. The molecule has 16 heavy (non-hydrogen) atoms. The van der Waals surface area contributed by atoms with Crippen molar-refractivity contribution >= 4 is 11.5 Å². The average Bonchev–Trinajstić information content (AvgIpc) is 2.74. The third-order valence-corrected chi connectivity index (χ3v) is 2.42. The molecule has 0 aromatic heterocycles. The second-order valence-corrected chi connectivity index (χ2v) is 3.28. The van der Waals surface area contributed by atoms with Gasteiger partial charge in [0.2, 0.25) is 0 Å². The van der Waals surface area contributed by atoms with Crippen molar-refractivity contribution in [2.45, 2.75) is 0 Å². The second kappa shape index (κ2) is 4.26. The topological polar surface area (TPSA) is 44.8 Å². The Morgan fingerprint density at radius 2 is 2.06 bits per heavy atom. The standard InChI is InChI=1S/C12H12O4/c1-14-8-3-4-11(15-2)10(7-8)9-5-6-16-12(9)13/h3-5,7H,6H2,1-2H3. The lowest BCUT2D eigenvalue weighted by Crippen LogP contribution is -2.01. The average molecular weight is 220 g/mol. The summed E-state index contributed by atoms with van der Waals surface area (Å²) in [5, 5.41) is 0. The summed E-state index contributed by atoms with van der Waals surface area (Å²) < 4.78 is 15.2. The van der Waals surface area contributed by atoms with Crippen molar-refractivity contribution in [3.63, 3.8) is 0 Å². The molecule has 0 saturated heterocycles. The maximum atomic E-state index is 11.5. The van der Waals surface area contributed by atoms with Crippen LogP contribution in [-0.4, -0.2) is 26.8 Å². The summed E-state index contributed by atoms with van der Waals surface area (Å²) in [6.45, 7) is 0.314. The first-order valence-electron chi connectivity index (χ1n) is 4.86. The van der Waals surface area contributed by atoms with E-state index in [1.54, 1.807) is 38.5 Å². The van der Waals surface area contributed by atoms with Crippen molar-refractivity contribution in [1.29, 1.82) is 0 Å². The summed E-state index contributed by atoms with van der Waals surface area (Å²) in [7, 11) is 3.14. The summed E-state index contributed by atoms with van der Waals surface area (Å²) in [5.41, 5.74) is 1.22. The van der Waals surface area contributed by atoms with Gasteiger partial charge in [0.15, 0.2) is 0 Å². The number of methoxy groups -OCH3 is 2. The molecule has 0 aliphatic carbocycles. The van der Waals surface area contributed by atoms with Gasteiger partial charge < -0.3 is 14.2 Å². The number of cyclic esters (lactones) is 1. The van der Waals surface area contributed by atoms with Gasteiger partial charge in [0.1, 0.15) is 18.1 Å². The van der Waals surface area contributed by atoms with E-state index in [0.29, 0.717) is 29.2 Å². The van der Waals surface area contributed by atoms with Crippen molar-refractivity contribution < 1.29 is 19.0 Å². The molecule has 0 amide bonds. The summed E-state index contributed by atoms with van der Waals surface area (Å²) in [5.74, 6) is 0.980. The first-order chi connectivity index (χ1) is 7.76. The molecule has 0 N–H and O–H groups in total. The van der Waals surface area contributed by atoms with Crippen molar-refractivity contribution in [2.24, 2.45) is 0 Å². The van der Waals surface area contributed by atoms with E-state index in [0.717, 1.165) is 0 Å². The molecule has 84 valence electrons. The first kappa shape index (κ1) is 10.5. The highest BCUT2D eigenvalue weighted by Crippen LogP contribution is 2.32. The Morgan fingerprint density at radius 1 is 1.25 bits per heavy atom. The molecule has 1 aliphatic rings. The normalized spacial score (nSPS) is 14.4. The van der Waals surface area contributed by atoms with Crippen LogP contribution >= 0.6 is 0 Å². The monoisotopic (exact) mass is 220 g/mol. The molecule has 1 aromatic carbocycles. The van der Waals surface area contributed by atoms with Crippen LogP contribution in [-0.2, 0) is 9.53 Å². The Morgan fingerprint density at radius 3 is 2.62 bits per heavy atom. The highest BCUT2D eigenvalue weighted by Gasteiger charge is 2.22. The number of ether oxygens (including phenoxy) is 3. The minimum atomic E-state index is -0.327. The van der Waals surface area contributed by atoms with E-state index in [1.807, 2.05) is 0 Å². The molecule has 0 fully saturated rings. The van der Waals surface area contributed by atoms with E-state index >= 15 is 0 Å². The number of hydrogen-bond acceptors (Lipinski definition) is 4. The third-order valence-electron chi connectivity index (χ3n) is 2.42. The fraction of sp³-hybridized carbons (Fsp3) is 0.250. The Kier molecular flexibility index (Phi) is 2.81. The van der Waals surface area contributed by atoms with Crippen molar-refractivity contribution in [2.75, 3.05) is 20.8 Å². The van der Waals surface area contributed by atoms with Crippen molar-refractivity contribution in [3.05, 3.63) is 29.8 Å². The van der Waals surface area contributed by atoms with Gasteiger partial charge in [-0.05, 0) is 24.3 Å². The summed E-state index contributed by atoms with van der Waals surface area (Å²) >= 11 is 0. The van der Waals surface area contributed by atoms with Gasteiger partial charge in [0.25, 0.3) is 0 Å². The second-order valence-electron chi connectivity index (χ2n) is 3.28. The van der Waals surface area contributed by atoms with E-state index in [2.05, 4.69) is 0 Å². The SMILES string of the molecule is COc1ccc(OC)c(C2=CCOC2=O)c1. The first-order valence-corrected chi connectivity index (χ1v) is 4.86. The summed E-state index contributed by atoms with van der Waals surface area (Å²) in [6.07, 6.45) is 1.74. The van der Waals surface area contributed by atoms with E-state index in [4.69, 9.17) is 14.2 Å². The molecule has 1 heterocycles. The zero-order chi connectivity index (χ0) is 11.5. The highest BCUT2D eigenvalue weighted by atomic mass is 16.5. The largest absolute Gasteiger partial charge is 0.497 e. The lowest BCUT2D eigenvalue weighted by molar-refractivity contribution is -0.133. The lowest BCUT2D eigenvalue weighted by atomic mass is 10.1. The predicted octanol–water partition coefficient (Wildman–Crippen LogP) is 1.64. The zero-order valence-electron chi connectivity index (χ0n) is 9.15. The Balaban J connectivity index is 2.48. The van der Waals surface area contributed by atoms with Gasteiger partial charge in [-0.25, -0.2) is 4.79 Å². The van der Waals surface area contributed by atoms with E-state index in [-0.39, 0.29) is 5.97 Å². The number of carbonyl (C=O) groups is 1. The van der Waals surface area contributed by atoms with Gasteiger partial charge in [-0.1, -0.05) is 0 Å². The van der Waals surface area contributed by atoms with Gasteiger partial charge in [0.05, 0.1) is 19.8 Å². The maximum Gasteiger partial charge on any atom is 0.338 e. The minimum Gasteiger partial charge on any atom is -0.497 e. The molecular formula is C12H12O4. The molecule has 0 spiro atoms. The molecule has 1 aromatic rings. The maximum absolute atomic E-state index is 11.5. The van der Waals surface area contributed by atoms with Crippen LogP contribution in [0, 0.1) is 0 Å².